The summed E-state index contributed by atoms with van der Waals surface area (Å²) in [5, 5.41) is 13.5. The van der Waals surface area contributed by atoms with Gasteiger partial charge in [-0.2, -0.15) is 5.21 Å². The van der Waals surface area contributed by atoms with Crippen molar-refractivity contribution in [2.24, 2.45) is 0 Å². The van der Waals surface area contributed by atoms with E-state index in [2.05, 4.69) is 41.3 Å². The highest BCUT2D eigenvalue weighted by molar-refractivity contribution is 9.10. The fraction of sp³-hybridized carbons (Fsp3) is 0.0714. The molecule has 3 rings (SSSR count). The fourth-order valence-corrected chi connectivity index (χ4v) is 3.71. The summed E-state index contributed by atoms with van der Waals surface area (Å²) in [6.07, 6.45) is 0. The molecule has 0 amide bonds. The van der Waals surface area contributed by atoms with Crippen molar-refractivity contribution >= 4 is 31.6 Å². The first-order valence-corrected chi connectivity index (χ1v) is 8.88. The molecule has 0 saturated heterocycles. The lowest BCUT2D eigenvalue weighted by atomic mass is 10.2. The molecule has 124 valence electrons. The summed E-state index contributed by atoms with van der Waals surface area (Å²) in [7, 11) is -2.56. The molecule has 0 aliphatic rings. The van der Waals surface area contributed by atoms with Crippen LogP contribution in [0.2, 0.25) is 0 Å². The number of H-pyrrole nitrogens is 1. The highest BCUT2D eigenvalue weighted by Crippen LogP contribution is 2.35. The smallest absolute Gasteiger partial charge is 0.204 e. The maximum Gasteiger partial charge on any atom is 0.204 e. The van der Waals surface area contributed by atoms with Gasteiger partial charge in [-0.15, -0.1) is 15.9 Å². The molecule has 1 aromatic heterocycles. The van der Waals surface area contributed by atoms with Crippen molar-refractivity contribution in [3.8, 4) is 17.1 Å². The lowest BCUT2D eigenvalue weighted by Gasteiger charge is -2.23. The molecule has 1 N–H and O–H groups in total. The normalized spacial score (nSPS) is 11.2. The number of sulfonamides is 1. The average Bonchev–Trinajstić information content (AvgIpc) is 3.09. The summed E-state index contributed by atoms with van der Waals surface area (Å²) in [5.74, 6) is 0.570. The van der Waals surface area contributed by atoms with Crippen LogP contribution in [-0.4, -0.2) is 36.2 Å². The Bertz CT molecular complexity index is 960. The van der Waals surface area contributed by atoms with Gasteiger partial charge in [0.15, 0.2) is 0 Å². The Labute approximate surface area is 146 Å². The predicted molar refractivity (Wildman–Crippen MR) is 90.5 cm³/mol. The van der Waals surface area contributed by atoms with Gasteiger partial charge in [-0.3, -0.25) is 0 Å². The van der Waals surface area contributed by atoms with Crippen molar-refractivity contribution in [2.45, 2.75) is 4.90 Å². The molecule has 0 radical (unpaired) electrons. The number of halogens is 1. The van der Waals surface area contributed by atoms with Crippen LogP contribution in [-0.2, 0) is 10.0 Å². The van der Waals surface area contributed by atoms with Crippen LogP contribution in [0.4, 0.5) is 5.69 Å². The molecule has 3 aromatic rings. The van der Waals surface area contributed by atoms with Crippen LogP contribution in [0.15, 0.2) is 51.8 Å². The molecule has 0 atom stereocenters. The summed E-state index contributed by atoms with van der Waals surface area (Å²) in [6, 6.07) is 11.2. The van der Waals surface area contributed by atoms with Gasteiger partial charge in [-0.25, -0.2) is 8.42 Å². The van der Waals surface area contributed by atoms with E-state index in [-0.39, 0.29) is 16.3 Å². The van der Waals surface area contributed by atoms with Crippen molar-refractivity contribution in [1.29, 1.82) is 0 Å². The molecular weight excluding hydrogens is 398 g/mol. The molecule has 0 aliphatic heterocycles. The van der Waals surface area contributed by atoms with Crippen LogP contribution in [0, 0.1) is 0 Å². The van der Waals surface area contributed by atoms with Crippen LogP contribution in [0.25, 0.3) is 16.1 Å². The second kappa shape index (κ2) is 6.57. The Kier molecular flexibility index (Phi) is 4.49. The van der Waals surface area contributed by atoms with E-state index in [1.54, 1.807) is 36.4 Å². The molecule has 0 aliphatic carbocycles. The van der Waals surface area contributed by atoms with Crippen molar-refractivity contribution in [3.05, 3.63) is 51.7 Å². The number of methoxy groups -OCH3 is 1. The SMILES string of the molecule is COc1ccc(Br)cc1S(=O)(=O)[N-]c1cccc(-c2nn[nH]n2)c1. The van der Waals surface area contributed by atoms with Crippen LogP contribution in [0.1, 0.15) is 0 Å². The van der Waals surface area contributed by atoms with Gasteiger partial charge >= 0.3 is 0 Å². The van der Waals surface area contributed by atoms with E-state index in [0.29, 0.717) is 15.9 Å². The highest BCUT2D eigenvalue weighted by Gasteiger charge is 2.13. The van der Waals surface area contributed by atoms with Crippen LogP contribution in [0.3, 0.4) is 0 Å². The summed E-state index contributed by atoms with van der Waals surface area (Å²) in [6.45, 7) is 0. The standard InChI is InChI=1S/C14H11BrN5O3S/c1-23-12-6-5-10(15)8-13(12)24(21,22)18-11-4-2-3-9(7-11)14-16-19-20-17-14/h2-8H,1H3,(H,16,17,19,20)/q-1. The molecule has 0 unspecified atom stereocenters. The van der Waals surface area contributed by atoms with E-state index in [0.717, 1.165) is 0 Å². The van der Waals surface area contributed by atoms with Gasteiger partial charge in [-0.05, 0) is 23.4 Å². The fourth-order valence-electron chi connectivity index (χ4n) is 2.03. The number of aromatic nitrogens is 4. The second-order valence-corrected chi connectivity index (χ2v) is 7.14. The zero-order valence-electron chi connectivity index (χ0n) is 12.3. The third kappa shape index (κ3) is 3.39. The number of aromatic amines is 1. The third-order valence-electron chi connectivity index (χ3n) is 3.08. The number of nitrogens with zero attached hydrogens (tertiary/aromatic N) is 4. The summed E-state index contributed by atoms with van der Waals surface area (Å²) >= 11 is 3.25. The van der Waals surface area contributed by atoms with Crippen molar-refractivity contribution in [2.75, 3.05) is 7.11 Å². The molecule has 24 heavy (non-hydrogen) atoms. The minimum Gasteiger partial charge on any atom is -0.573 e. The summed E-state index contributed by atoms with van der Waals surface area (Å²) in [5.41, 5.74) is 0.848. The van der Waals surface area contributed by atoms with Crippen LogP contribution in [0.5, 0.6) is 5.75 Å². The second-order valence-electron chi connectivity index (χ2n) is 4.65. The quantitative estimate of drug-likeness (QED) is 0.693. The monoisotopic (exact) mass is 408 g/mol. The first-order chi connectivity index (χ1) is 11.5. The number of ether oxygens (including phenoxy) is 1. The van der Waals surface area contributed by atoms with Crippen molar-refractivity contribution in [3.63, 3.8) is 0 Å². The Morgan fingerprint density at radius 2 is 2.04 bits per heavy atom. The Morgan fingerprint density at radius 1 is 1.21 bits per heavy atom. The molecule has 0 saturated carbocycles. The number of rotatable bonds is 5. The molecule has 0 bridgehead atoms. The minimum absolute atomic E-state index is 0.0238. The number of hydrogen-bond acceptors (Lipinski definition) is 6. The Balaban J connectivity index is 1.96. The maximum atomic E-state index is 12.6. The zero-order chi connectivity index (χ0) is 17.2. The molecule has 10 heteroatoms. The Hall–Kier alpha value is -2.46. The van der Waals surface area contributed by atoms with Crippen LogP contribution >= 0.6 is 15.9 Å². The zero-order valence-corrected chi connectivity index (χ0v) is 14.7. The first-order valence-electron chi connectivity index (χ1n) is 6.65. The maximum absolute atomic E-state index is 12.6. The van der Waals surface area contributed by atoms with E-state index in [1.165, 1.54) is 13.2 Å². The molecule has 2 aromatic carbocycles. The molecule has 8 nitrogen and oxygen atoms in total. The molecule has 0 fully saturated rings. The van der Waals surface area contributed by atoms with Crippen LogP contribution < -0.4 is 4.74 Å². The van der Waals surface area contributed by atoms with Gasteiger partial charge in [0, 0.05) is 10.0 Å². The number of tetrazole rings is 1. The summed E-state index contributed by atoms with van der Waals surface area (Å²) in [4.78, 5) is -0.0238. The lowest BCUT2D eigenvalue weighted by Crippen LogP contribution is -2.01. The average molecular weight is 409 g/mol. The summed E-state index contributed by atoms with van der Waals surface area (Å²) < 4.78 is 34.8. The van der Waals surface area contributed by atoms with Gasteiger partial charge < -0.3 is 9.46 Å². The van der Waals surface area contributed by atoms with Crippen molar-refractivity contribution in [1.82, 2.24) is 20.6 Å². The topological polar surface area (TPSA) is 112 Å². The molecule has 0 spiro atoms. The largest absolute Gasteiger partial charge is 0.573 e. The van der Waals surface area contributed by atoms with E-state index in [9.17, 15) is 8.42 Å². The minimum atomic E-state index is -3.96. The Morgan fingerprint density at radius 3 is 2.75 bits per heavy atom. The van der Waals surface area contributed by atoms with Gasteiger partial charge in [0.2, 0.25) is 5.82 Å². The van der Waals surface area contributed by atoms with E-state index in [4.69, 9.17) is 4.74 Å². The van der Waals surface area contributed by atoms with E-state index < -0.39 is 10.0 Å². The predicted octanol–water partition coefficient (Wildman–Crippen LogP) is 3.03. The van der Waals surface area contributed by atoms with Crippen molar-refractivity contribution < 1.29 is 13.2 Å². The highest BCUT2D eigenvalue weighted by atomic mass is 79.9. The molecular formula is C14H11BrN5O3S-. The van der Waals surface area contributed by atoms with Gasteiger partial charge in [-0.1, -0.05) is 40.2 Å². The van der Waals surface area contributed by atoms with Gasteiger partial charge in [0.1, 0.15) is 15.8 Å². The van der Waals surface area contributed by atoms with E-state index >= 15 is 0 Å². The van der Waals surface area contributed by atoms with E-state index in [1.807, 2.05) is 0 Å². The number of nitrogens with one attached hydrogen (secondary N) is 1. The number of benzene rings is 2. The van der Waals surface area contributed by atoms with Gasteiger partial charge in [0.25, 0.3) is 0 Å². The molecule has 1 heterocycles. The van der Waals surface area contributed by atoms with Gasteiger partial charge in [0.05, 0.1) is 12.0 Å². The third-order valence-corrected chi connectivity index (χ3v) is 4.90. The first kappa shape index (κ1) is 16.4. The lowest BCUT2D eigenvalue weighted by molar-refractivity contribution is 0.403. The number of hydrogen-bond donors (Lipinski definition) is 1.